The molecule has 0 aromatic heterocycles. The fourth-order valence-corrected chi connectivity index (χ4v) is 7.61. The molecule has 0 radical (unpaired) electrons. The van der Waals surface area contributed by atoms with E-state index in [2.05, 4.69) is 44.2 Å². The Morgan fingerprint density at radius 2 is 1.00 bits per heavy atom. The molecule has 4 rings (SSSR count). The third-order valence-electron chi connectivity index (χ3n) is 8.76. The summed E-state index contributed by atoms with van der Waals surface area (Å²) < 4.78 is 37.8. The summed E-state index contributed by atoms with van der Waals surface area (Å²) in [5.41, 5.74) is 3.45. The maximum Gasteiger partial charge on any atom is 0.295 e. The van der Waals surface area contributed by atoms with Gasteiger partial charge in [0.25, 0.3) is 10.1 Å². The minimum Gasteiger partial charge on any atom is -0.282 e. The molecule has 4 aromatic rings. The van der Waals surface area contributed by atoms with Gasteiger partial charge in [-0.2, -0.15) is 8.42 Å². The van der Waals surface area contributed by atoms with Gasteiger partial charge in [0, 0.05) is 5.56 Å². The van der Waals surface area contributed by atoms with Gasteiger partial charge in [0.15, 0.2) is 0 Å². The first-order chi connectivity index (χ1) is 20.5. The molecule has 0 aliphatic rings. The Morgan fingerprint density at radius 3 is 1.60 bits per heavy atom. The lowest BCUT2D eigenvalue weighted by Gasteiger charge is -2.22. The van der Waals surface area contributed by atoms with Crippen molar-refractivity contribution in [3.05, 3.63) is 77.9 Å². The second-order valence-electron chi connectivity index (χ2n) is 12.0. The average molecular weight is 587 g/mol. The largest absolute Gasteiger partial charge is 0.295 e. The van der Waals surface area contributed by atoms with Crippen LogP contribution < -0.4 is 0 Å². The normalized spacial score (nSPS) is 12.0. The maximum absolute atomic E-state index is 13.4. The fourth-order valence-electron chi connectivity index (χ4n) is 6.60. The summed E-state index contributed by atoms with van der Waals surface area (Å²) in [7, 11) is -4.50. The predicted molar refractivity (Wildman–Crippen MR) is 180 cm³/mol. The number of hydrogen-bond acceptors (Lipinski definition) is 2. The lowest BCUT2D eigenvalue weighted by Crippen LogP contribution is -2.11. The lowest BCUT2D eigenvalue weighted by atomic mass is 9.85. The number of fused-ring (bicyclic) bond motifs is 2. The van der Waals surface area contributed by atoms with Crippen LogP contribution in [0.2, 0.25) is 0 Å². The van der Waals surface area contributed by atoms with Crippen molar-refractivity contribution in [2.45, 2.75) is 121 Å². The van der Waals surface area contributed by atoms with Crippen LogP contribution in [0.3, 0.4) is 0 Å². The molecule has 4 aromatic carbocycles. The molecule has 3 nitrogen and oxygen atoms in total. The third-order valence-corrected chi connectivity index (χ3v) is 9.73. The molecule has 0 aliphatic carbocycles. The van der Waals surface area contributed by atoms with Gasteiger partial charge in [-0.3, -0.25) is 4.55 Å². The highest BCUT2D eigenvalue weighted by molar-refractivity contribution is 7.86. The molecule has 0 unspecified atom stereocenters. The van der Waals surface area contributed by atoms with Crippen LogP contribution in [-0.2, 0) is 23.0 Å². The molecule has 0 fully saturated rings. The van der Waals surface area contributed by atoms with Gasteiger partial charge in [-0.25, -0.2) is 0 Å². The van der Waals surface area contributed by atoms with Crippen LogP contribution >= 0.6 is 0 Å². The van der Waals surface area contributed by atoms with Crippen molar-refractivity contribution in [1.29, 1.82) is 0 Å². The zero-order valence-electron chi connectivity index (χ0n) is 25.8. The quantitative estimate of drug-likeness (QED) is 0.0932. The summed E-state index contributed by atoms with van der Waals surface area (Å²) in [6.45, 7) is 4.48. The Balaban J connectivity index is 1.82. The van der Waals surface area contributed by atoms with E-state index in [0.29, 0.717) is 12.0 Å². The van der Waals surface area contributed by atoms with E-state index in [4.69, 9.17) is 0 Å². The Morgan fingerprint density at radius 1 is 0.524 bits per heavy atom. The van der Waals surface area contributed by atoms with Crippen LogP contribution in [0.15, 0.2) is 71.6 Å². The number of unbranched alkanes of at least 4 members (excludes halogenated alkanes) is 12. The number of hydrogen-bond donors (Lipinski definition) is 1. The standard InChI is InChI=1S/C38H50O3S/c1-3-5-7-9-11-13-15-25-33-32-26-19-20-27-35(32)37(34-29-21-23-30-22-17-18-24-31(30)34)38(42(39,40)41)36(33)28-16-14-12-10-8-6-4-2/h17-24,26-27,29H,3-16,25,28H2,1-2H3,(H,39,40,41). The Labute approximate surface area is 254 Å². The van der Waals surface area contributed by atoms with Crippen LogP contribution in [0, 0.1) is 0 Å². The summed E-state index contributed by atoms with van der Waals surface area (Å²) in [5.74, 6) is 0. The summed E-state index contributed by atoms with van der Waals surface area (Å²) in [4.78, 5) is 0.126. The van der Waals surface area contributed by atoms with Crippen LogP contribution in [0.4, 0.5) is 0 Å². The van der Waals surface area contributed by atoms with Crippen molar-refractivity contribution in [1.82, 2.24) is 0 Å². The first-order valence-electron chi connectivity index (χ1n) is 16.5. The number of rotatable bonds is 18. The highest BCUT2D eigenvalue weighted by Gasteiger charge is 2.28. The molecule has 1 N–H and O–H groups in total. The molecule has 0 spiro atoms. The van der Waals surface area contributed by atoms with Gasteiger partial charge in [-0.15, -0.1) is 0 Å². The third kappa shape index (κ3) is 8.23. The number of aryl methyl sites for hydroxylation is 1. The molecular formula is C38H50O3S. The Hall–Kier alpha value is -2.69. The van der Waals surface area contributed by atoms with Crippen molar-refractivity contribution in [2.24, 2.45) is 0 Å². The monoisotopic (exact) mass is 586 g/mol. The van der Waals surface area contributed by atoms with Crippen molar-refractivity contribution >= 4 is 31.7 Å². The van der Waals surface area contributed by atoms with Crippen molar-refractivity contribution < 1.29 is 13.0 Å². The molecule has 0 bridgehead atoms. The van der Waals surface area contributed by atoms with E-state index in [1.54, 1.807) is 0 Å². The van der Waals surface area contributed by atoms with Gasteiger partial charge >= 0.3 is 0 Å². The molecule has 4 heteroatoms. The number of benzene rings is 4. The maximum atomic E-state index is 13.4. The van der Waals surface area contributed by atoms with Gasteiger partial charge in [-0.1, -0.05) is 158 Å². The van der Waals surface area contributed by atoms with E-state index >= 15 is 0 Å². The second-order valence-corrected chi connectivity index (χ2v) is 13.3. The minimum atomic E-state index is -4.50. The van der Waals surface area contributed by atoms with Gasteiger partial charge in [-0.05, 0) is 63.9 Å². The molecular weight excluding hydrogens is 536 g/mol. The molecule has 0 heterocycles. The van der Waals surface area contributed by atoms with Gasteiger partial charge in [0.2, 0.25) is 0 Å². The summed E-state index contributed by atoms with van der Waals surface area (Å²) in [6.07, 6.45) is 18.1. The second kappa shape index (κ2) is 16.2. The molecule has 0 amide bonds. The fraction of sp³-hybridized carbons (Fsp3) is 0.474. The zero-order valence-corrected chi connectivity index (χ0v) is 26.7. The first-order valence-corrected chi connectivity index (χ1v) is 17.9. The zero-order chi connectivity index (χ0) is 29.8. The van der Waals surface area contributed by atoms with Gasteiger partial charge in [0.1, 0.15) is 4.90 Å². The van der Waals surface area contributed by atoms with Gasteiger partial charge in [0.05, 0.1) is 0 Å². The van der Waals surface area contributed by atoms with E-state index < -0.39 is 10.1 Å². The Bertz CT molecular complexity index is 1530. The first kappa shape index (κ1) is 32.2. The predicted octanol–water partition coefficient (Wildman–Crippen LogP) is 11.5. The van der Waals surface area contributed by atoms with Crippen LogP contribution in [0.5, 0.6) is 0 Å². The molecule has 0 aliphatic heterocycles. The average Bonchev–Trinajstić information content (AvgIpc) is 2.99. The van der Waals surface area contributed by atoms with Gasteiger partial charge < -0.3 is 0 Å². The smallest absolute Gasteiger partial charge is 0.282 e. The topological polar surface area (TPSA) is 54.4 Å². The van der Waals surface area contributed by atoms with Crippen LogP contribution in [-0.4, -0.2) is 13.0 Å². The van der Waals surface area contributed by atoms with E-state index in [1.807, 2.05) is 36.4 Å². The minimum absolute atomic E-state index is 0.126. The molecule has 0 saturated carbocycles. The van der Waals surface area contributed by atoms with Crippen molar-refractivity contribution in [2.75, 3.05) is 0 Å². The van der Waals surface area contributed by atoms with E-state index in [-0.39, 0.29) is 4.90 Å². The summed E-state index contributed by atoms with van der Waals surface area (Å²) in [5, 5.41) is 4.08. The molecule has 42 heavy (non-hydrogen) atoms. The highest BCUT2D eigenvalue weighted by Crippen LogP contribution is 2.43. The van der Waals surface area contributed by atoms with Crippen molar-refractivity contribution in [3.8, 4) is 11.1 Å². The Kier molecular flexibility index (Phi) is 12.5. The van der Waals surface area contributed by atoms with E-state index in [1.165, 1.54) is 57.8 Å². The van der Waals surface area contributed by atoms with E-state index in [0.717, 1.165) is 76.8 Å². The lowest BCUT2D eigenvalue weighted by molar-refractivity contribution is 0.482. The van der Waals surface area contributed by atoms with Crippen LogP contribution in [0.1, 0.15) is 115 Å². The molecule has 226 valence electrons. The van der Waals surface area contributed by atoms with E-state index in [9.17, 15) is 13.0 Å². The van der Waals surface area contributed by atoms with Crippen molar-refractivity contribution in [3.63, 3.8) is 0 Å². The summed E-state index contributed by atoms with van der Waals surface area (Å²) >= 11 is 0. The van der Waals surface area contributed by atoms with Crippen LogP contribution in [0.25, 0.3) is 32.7 Å². The molecule has 0 atom stereocenters. The SMILES string of the molecule is CCCCCCCCCc1c(S(=O)(=O)O)c(-c2cccc3ccccc23)c2ccccc2c1CCCCCCCCC. The molecule has 0 saturated heterocycles. The highest BCUT2D eigenvalue weighted by atomic mass is 32.2. The summed E-state index contributed by atoms with van der Waals surface area (Å²) in [6, 6.07) is 22.4.